The molecule has 1 aromatic rings. The zero-order valence-electron chi connectivity index (χ0n) is 12.6. The highest BCUT2D eigenvalue weighted by Gasteiger charge is 2.13. The summed E-state index contributed by atoms with van der Waals surface area (Å²) in [6.07, 6.45) is 3.97. The third-order valence-electron chi connectivity index (χ3n) is 2.75. The lowest BCUT2D eigenvalue weighted by atomic mass is 9.87. The quantitative estimate of drug-likeness (QED) is 0.534. The minimum atomic E-state index is -0.996. The Morgan fingerprint density at radius 2 is 1.61 bits per heavy atom. The first-order chi connectivity index (χ1) is 8.18. The Morgan fingerprint density at radius 1 is 1.06 bits per heavy atom. The number of hydrogen-bond acceptors (Lipinski definition) is 1. The van der Waals surface area contributed by atoms with Gasteiger partial charge in [-0.25, -0.2) is 0 Å². The van der Waals surface area contributed by atoms with Gasteiger partial charge < -0.3 is 4.74 Å². The van der Waals surface area contributed by atoms with Crippen LogP contribution in [-0.4, -0.2) is 8.07 Å². The van der Waals surface area contributed by atoms with E-state index in [9.17, 15) is 0 Å². The third-order valence-corrected chi connectivity index (χ3v) is 4.21. The zero-order valence-corrected chi connectivity index (χ0v) is 13.6. The molecule has 0 spiro atoms. The first-order valence-corrected chi connectivity index (χ1v) is 10.3. The first kappa shape index (κ1) is 15.0. The van der Waals surface area contributed by atoms with Crippen LogP contribution in [0.5, 0.6) is 5.75 Å². The molecule has 1 rings (SSSR count). The van der Waals surface area contributed by atoms with Gasteiger partial charge in [-0.1, -0.05) is 58.6 Å². The summed E-state index contributed by atoms with van der Waals surface area (Å²) in [4.78, 5) is 0. The van der Waals surface area contributed by atoms with Gasteiger partial charge in [0.05, 0.1) is 6.26 Å². The second-order valence-corrected chi connectivity index (χ2v) is 12.6. The summed E-state index contributed by atoms with van der Waals surface area (Å²) in [5.41, 5.74) is 1.53. The second kappa shape index (κ2) is 5.74. The topological polar surface area (TPSA) is 9.23 Å². The highest BCUT2D eigenvalue weighted by atomic mass is 28.3. The number of hydrogen-bond donors (Lipinski definition) is 0. The van der Waals surface area contributed by atoms with Crippen molar-refractivity contribution in [3.8, 4) is 5.75 Å². The van der Waals surface area contributed by atoms with Crippen LogP contribution in [0.25, 0.3) is 0 Å². The Labute approximate surface area is 113 Å². The Kier molecular flexibility index (Phi) is 4.80. The van der Waals surface area contributed by atoms with Gasteiger partial charge in [-0.3, -0.25) is 0 Å². The molecule has 0 aromatic heterocycles. The van der Waals surface area contributed by atoms with E-state index in [0.29, 0.717) is 0 Å². The van der Waals surface area contributed by atoms with Crippen LogP contribution >= 0.6 is 0 Å². The second-order valence-electron chi connectivity index (χ2n) is 7.03. The summed E-state index contributed by atoms with van der Waals surface area (Å²) < 4.78 is 5.61. The molecule has 100 valence electrons. The molecule has 0 aliphatic carbocycles. The summed E-state index contributed by atoms with van der Waals surface area (Å²) in [5.74, 6) is 0.912. The molecule has 0 aliphatic heterocycles. The van der Waals surface area contributed by atoms with Gasteiger partial charge in [-0.15, -0.1) is 0 Å². The monoisotopic (exact) mass is 262 g/mol. The van der Waals surface area contributed by atoms with Gasteiger partial charge >= 0.3 is 0 Å². The largest absolute Gasteiger partial charge is 0.465 e. The molecule has 1 nitrogen and oxygen atoms in total. The van der Waals surface area contributed by atoms with E-state index in [2.05, 4.69) is 58.6 Å². The molecule has 0 aliphatic rings. The number of ether oxygens (including phenoxy) is 1. The molecule has 0 saturated heterocycles. The van der Waals surface area contributed by atoms with E-state index >= 15 is 0 Å². The maximum absolute atomic E-state index is 5.61. The number of rotatable bonds is 4. The summed E-state index contributed by atoms with van der Waals surface area (Å²) in [7, 11) is -0.996. The van der Waals surface area contributed by atoms with Gasteiger partial charge in [0.2, 0.25) is 0 Å². The Bertz CT molecular complexity index is 391. The Morgan fingerprint density at radius 3 is 2.06 bits per heavy atom. The minimum absolute atomic E-state index is 0.201. The summed E-state index contributed by atoms with van der Waals surface area (Å²) in [5, 5.41) is 0. The van der Waals surface area contributed by atoms with Gasteiger partial charge in [-0.05, 0) is 29.2 Å². The van der Waals surface area contributed by atoms with E-state index in [1.54, 1.807) is 0 Å². The zero-order chi connectivity index (χ0) is 13.8. The van der Waals surface area contributed by atoms with Crippen LogP contribution < -0.4 is 4.74 Å². The third kappa shape index (κ3) is 5.54. The van der Waals surface area contributed by atoms with Crippen molar-refractivity contribution < 1.29 is 4.74 Å². The van der Waals surface area contributed by atoms with Crippen molar-refractivity contribution in [1.82, 2.24) is 0 Å². The van der Waals surface area contributed by atoms with E-state index in [1.807, 2.05) is 18.4 Å². The van der Waals surface area contributed by atoms with E-state index in [1.165, 1.54) is 5.56 Å². The fourth-order valence-electron chi connectivity index (χ4n) is 1.56. The van der Waals surface area contributed by atoms with Crippen molar-refractivity contribution in [1.29, 1.82) is 0 Å². The maximum Gasteiger partial charge on any atom is 0.126 e. The molecule has 0 N–H and O–H groups in total. The molecule has 0 fully saturated rings. The number of allylic oxidation sites excluding steroid dienone is 1. The van der Waals surface area contributed by atoms with Gasteiger partial charge in [-0.2, -0.15) is 0 Å². The van der Waals surface area contributed by atoms with Crippen LogP contribution in [0.3, 0.4) is 0 Å². The van der Waals surface area contributed by atoms with Crippen molar-refractivity contribution in [3.63, 3.8) is 0 Å². The molecule has 0 heterocycles. The molecule has 0 atom stereocenters. The molecule has 0 saturated carbocycles. The lowest BCUT2D eigenvalue weighted by Gasteiger charge is -2.18. The van der Waals surface area contributed by atoms with E-state index < -0.39 is 8.07 Å². The fourth-order valence-corrected chi connectivity index (χ4v) is 2.37. The summed E-state index contributed by atoms with van der Waals surface area (Å²) >= 11 is 0. The van der Waals surface area contributed by atoms with Gasteiger partial charge in [0.1, 0.15) is 5.75 Å². The molecule has 0 radical (unpaired) electrons. The average molecular weight is 262 g/mol. The first-order valence-electron chi connectivity index (χ1n) is 6.61. The average Bonchev–Trinajstić information content (AvgIpc) is 2.22. The van der Waals surface area contributed by atoms with Crippen LogP contribution in [0.4, 0.5) is 0 Å². The van der Waals surface area contributed by atoms with Crippen LogP contribution in [0.15, 0.2) is 36.6 Å². The van der Waals surface area contributed by atoms with Crippen molar-refractivity contribution in [2.75, 3.05) is 0 Å². The van der Waals surface area contributed by atoms with E-state index in [-0.39, 0.29) is 5.41 Å². The molecule has 0 unspecified atom stereocenters. The standard InChI is InChI=1S/C16H26OSi/c1-16(2,3)14-8-10-15(11-9-14)17-12-7-13-18(4,5)6/h7-12H,13H2,1-6H3/b12-7-. The van der Waals surface area contributed by atoms with E-state index in [0.717, 1.165) is 11.8 Å². The highest BCUT2D eigenvalue weighted by Crippen LogP contribution is 2.24. The Hall–Kier alpha value is -1.02. The molecular formula is C16H26OSi. The van der Waals surface area contributed by atoms with Crippen LogP contribution in [-0.2, 0) is 5.41 Å². The Balaban J connectivity index is 2.55. The van der Waals surface area contributed by atoms with E-state index in [4.69, 9.17) is 4.74 Å². The normalized spacial score (nSPS) is 13.0. The summed E-state index contributed by atoms with van der Waals surface area (Å²) in [6, 6.07) is 9.52. The van der Waals surface area contributed by atoms with Crippen LogP contribution in [0.1, 0.15) is 26.3 Å². The van der Waals surface area contributed by atoms with Crippen LogP contribution in [0.2, 0.25) is 25.7 Å². The van der Waals surface area contributed by atoms with Crippen molar-refractivity contribution in [3.05, 3.63) is 42.2 Å². The molecule has 2 heteroatoms. The maximum atomic E-state index is 5.61. The van der Waals surface area contributed by atoms with Crippen LogP contribution in [0, 0.1) is 0 Å². The van der Waals surface area contributed by atoms with Crippen molar-refractivity contribution in [2.24, 2.45) is 0 Å². The minimum Gasteiger partial charge on any atom is -0.465 e. The predicted molar refractivity (Wildman–Crippen MR) is 83.1 cm³/mol. The van der Waals surface area contributed by atoms with Gasteiger partial charge in [0, 0.05) is 8.07 Å². The predicted octanol–water partition coefficient (Wildman–Crippen LogP) is 5.21. The fraction of sp³-hybridized carbons (Fsp3) is 0.500. The lowest BCUT2D eigenvalue weighted by molar-refractivity contribution is 0.479. The highest BCUT2D eigenvalue weighted by molar-refractivity contribution is 6.76. The smallest absolute Gasteiger partial charge is 0.126 e. The van der Waals surface area contributed by atoms with Crippen molar-refractivity contribution in [2.45, 2.75) is 51.9 Å². The SMILES string of the molecule is CC(C)(C)c1ccc(O/C=C\C[Si](C)(C)C)cc1. The molecule has 0 amide bonds. The van der Waals surface area contributed by atoms with Gasteiger partial charge in [0.25, 0.3) is 0 Å². The van der Waals surface area contributed by atoms with Crippen molar-refractivity contribution >= 4 is 8.07 Å². The molecule has 18 heavy (non-hydrogen) atoms. The summed E-state index contributed by atoms with van der Waals surface area (Å²) in [6.45, 7) is 13.7. The number of benzene rings is 1. The lowest BCUT2D eigenvalue weighted by Crippen LogP contribution is -2.17. The molecule has 0 bridgehead atoms. The van der Waals surface area contributed by atoms with Gasteiger partial charge in [0.15, 0.2) is 0 Å². The molecule has 1 aromatic carbocycles. The molecular weight excluding hydrogens is 236 g/mol.